The molecule has 28 heavy (non-hydrogen) atoms. The van der Waals surface area contributed by atoms with Crippen LogP contribution in [0.3, 0.4) is 0 Å². The predicted molar refractivity (Wildman–Crippen MR) is 107 cm³/mol. The maximum atomic E-state index is 12.6. The molecule has 0 spiro atoms. The molecule has 0 bridgehead atoms. The monoisotopic (exact) mass is 382 g/mol. The van der Waals surface area contributed by atoms with Crippen molar-refractivity contribution in [3.63, 3.8) is 0 Å². The number of hydrogen-bond donors (Lipinski definition) is 2. The zero-order valence-corrected chi connectivity index (χ0v) is 16.7. The van der Waals surface area contributed by atoms with Crippen LogP contribution in [0.4, 0.5) is 5.95 Å². The average Bonchev–Trinajstić information content (AvgIpc) is 3.06. The van der Waals surface area contributed by atoms with Crippen molar-refractivity contribution in [2.75, 3.05) is 12.8 Å². The molecular formula is C20H26N6O2. The molecule has 8 heteroatoms. The predicted octanol–water partition coefficient (Wildman–Crippen LogP) is 2.53. The molecule has 0 unspecified atom stereocenters. The Hall–Kier alpha value is -3.16. The van der Waals surface area contributed by atoms with Gasteiger partial charge in [-0.15, -0.1) is 5.10 Å². The fourth-order valence-electron chi connectivity index (χ4n) is 3.35. The maximum Gasteiger partial charge on any atom is 0.254 e. The van der Waals surface area contributed by atoms with E-state index in [0.717, 1.165) is 34.7 Å². The molecule has 3 N–H and O–H groups in total. The van der Waals surface area contributed by atoms with E-state index < -0.39 is 0 Å². The highest BCUT2D eigenvalue weighted by Crippen LogP contribution is 2.21. The van der Waals surface area contributed by atoms with E-state index in [9.17, 15) is 4.79 Å². The first kappa shape index (κ1) is 19.6. The summed E-state index contributed by atoms with van der Waals surface area (Å²) in [6.45, 7) is 5.91. The summed E-state index contributed by atoms with van der Waals surface area (Å²) in [4.78, 5) is 21.1. The van der Waals surface area contributed by atoms with E-state index in [1.165, 1.54) is 0 Å². The number of aryl methyl sites for hydroxylation is 2. The number of nitrogens with two attached hydrogens (primary N) is 1. The summed E-state index contributed by atoms with van der Waals surface area (Å²) in [6, 6.07) is 7.74. The summed E-state index contributed by atoms with van der Waals surface area (Å²) in [5.41, 5.74) is 9.47. The summed E-state index contributed by atoms with van der Waals surface area (Å²) >= 11 is 0. The van der Waals surface area contributed by atoms with Gasteiger partial charge in [0.05, 0.1) is 13.2 Å². The minimum absolute atomic E-state index is 0.000306. The van der Waals surface area contributed by atoms with E-state index in [-0.39, 0.29) is 17.9 Å². The Bertz CT molecular complexity index is 981. The highest BCUT2D eigenvalue weighted by atomic mass is 16.5. The molecule has 1 atom stereocenters. The standard InChI is InChI=1S/C20H26N6O2/c1-5-17(14-6-8-15(28-4)9-7-14)23-18(27)11-10-16-12(2)22-20-24-19(21)25-26(20)13(16)3/h6-9,17H,5,10-11H2,1-4H3,(H2,21,25)(H,23,27)/t17-/m0/s1. The molecule has 0 fully saturated rings. The van der Waals surface area contributed by atoms with Crippen molar-refractivity contribution >= 4 is 17.6 Å². The second-order valence-corrected chi connectivity index (χ2v) is 6.74. The summed E-state index contributed by atoms with van der Waals surface area (Å²) in [5, 5.41) is 7.28. The van der Waals surface area contributed by atoms with Gasteiger partial charge in [0, 0.05) is 17.8 Å². The van der Waals surface area contributed by atoms with Gasteiger partial charge in [-0.1, -0.05) is 19.1 Å². The van der Waals surface area contributed by atoms with Crippen molar-refractivity contribution in [3.8, 4) is 5.75 Å². The number of amides is 1. The Labute approximate surface area is 164 Å². The molecule has 8 nitrogen and oxygen atoms in total. The van der Waals surface area contributed by atoms with Crippen LogP contribution < -0.4 is 15.8 Å². The van der Waals surface area contributed by atoms with E-state index >= 15 is 0 Å². The number of carbonyl (C=O) groups is 1. The van der Waals surface area contributed by atoms with Crippen molar-refractivity contribution < 1.29 is 9.53 Å². The highest BCUT2D eigenvalue weighted by Gasteiger charge is 2.16. The zero-order valence-electron chi connectivity index (χ0n) is 16.7. The fourth-order valence-corrected chi connectivity index (χ4v) is 3.35. The number of fused-ring (bicyclic) bond motifs is 1. The molecular weight excluding hydrogens is 356 g/mol. The van der Waals surface area contributed by atoms with Crippen molar-refractivity contribution in [1.82, 2.24) is 24.9 Å². The lowest BCUT2D eigenvalue weighted by Crippen LogP contribution is -2.28. The van der Waals surface area contributed by atoms with Crippen LogP contribution in [0.15, 0.2) is 24.3 Å². The number of anilines is 1. The summed E-state index contributed by atoms with van der Waals surface area (Å²) in [6.07, 6.45) is 1.75. The van der Waals surface area contributed by atoms with Crippen molar-refractivity contribution in [3.05, 3.63) is 46.8 Å². The number of rotatable bonds is 7. The third-order valence-electron chi connectivity index (χ3n) is 4.93. The van der Waals surface area contributed by atoms with Crippen LogP contribution in [-0.4, -0.2) is 32.6 Å². The van der Waals surface area contributed by atoms with Crippen molar-refractivity contribution in [2.45, 2.75) is 46.1 Å². The first-order valence-electron chi connectivity index (χ1n) is 9.34. The number of methoxy groups -OCH3 is 1. The SMILES string of the molecule is CC[C@H](NC(=O)CCc1c(C)nc2nc(N)nn2c1C)c1ccc(OC)cc1. The molecule has 1 amide bonds. The molecule has 3 rings (SSSR count). The summed E-state index contributed by atoms with van der Waals surface area (Å²) in [7, 11) is 1.64. The van der Waals surface area contributed by atoms with E-state index in [2.05, 4.69) is 27.3 Å². The van der Waals surface area contributed by atoms with E-state index in [4.69, 9.17) is 10.5 Å². The van der Waals surface area contributed by atoms with E-state index in [1.807, 2.05) is 38.1 Å². The largest absolute Gasteiger partial charge is 0.497 e. The van der Waals surface area contributed by atoms with Gasteiger partial charge in [0.1, 0.15) is 5.75 Å². The number of carbonyl (C=O) groups excluding carboxylic acids is 1. The molecule has 0 radical (unpaired) electrons. The zero-order chi connectivity index (χ0) is 20.3. The minimum Gasteiger partial charge on any atom is -0.497 e. The minimum atomic E-state index is -0.0312. The summed E-state index contributed by atoms with van der Waals surface area (Å²) < 4.78 is 6.82. The fraction of sp³-hybridized carbons (Fsp3) is 0.400. The van der Waals surface area contributed by atoms with Crippen LogP contribution >= 0.6 is 0 Å². The molecule has 0 aliphatic carbocycles. The number of nitrogens with zero attached hydrogens (tertiary/aromatic N) is 4. The molecule has 148 valence electrons. The van der Waals surface area contributed by atoms with Gasteiger partial charge < -0.3 is 15.8 Å². The Kier molecular flexibility index (Phi) is 5.77. The van der Waals surface area contributed by atoms with Gasteiger partial charge in [0.2, 0.25) is 11.9 Å². The number of hydrogen-bond acceptors (Lipinski definition) is 6. The Morgan fingerprint density at radius 3 is 2.61 bits per heavy atom. The average molecular weight is 382 g/mol. The van der Waals surface area contributed by atoms with Gasteiger partial charge in [-0.3, -0.25) is 4.79 Å². The topological polar surface area (TPSA) is 107 Å². The number of ether oxygens (including phenoxy) is 1. The smallest absolute Gasteiger partial charge is 0.254 e. The number of nitrogen functional groups attached to an aromatic ring is 1. The van der Waals surface area contributed by atoms with Gasteiger partial charge in [-0.05, 0) is 49.9 Å². The third-order valence-corrected chi connectivity index (χ3v) is 4.93. The molecule has 0 saturated heterocycles. The van der Waals surface area contributed by atoms with Crippen LogP contribution in [0.25, 0.3) is 5.78 Å². The first-order chi connectivity index (χ1) is 13.4. The second kappa shape index (κ2) is 8.24. The van der Waals surface area contributed by atoms with Crippen LogP contribution in [0, 0.1) is 13.8 Å². The van der Waals surface area contributed by atoms with Crippen LogP contribution in [-0.2, 0) is 11.2 Å². The highest BCUT2D eigenvalue weighted by molar-refractivity contribution is 5.76. The number of aromatic nitrogens is 4. The van der Waals surface area contributed by atoms with Crippen LogP contribution in [0.5, 0.6) is 5.75 Å². The number of nitrogens with one attached hydrogen (secondary N) is 1. The van der Waals surface area contributed by atoms with Gasteiger partial charge in [-0.2, -0.15) is 9.50 Å². The first-order valence-corrected chi connectivity index (χ1v) is 9.34. The van der Waals surface area contributed by atoms with Crippen LogP contribution in [0.1, 0.15) is 48.3 Å². The second-order valence-electron chi connectivity index (χ2n) is 6.74. The van der Waals surface area contributed by atoms with Gasteiger partial charge >= 0.3 is 0 Å². The van der Waals surface area contributed by atoms with Crippen LogP contribution in [0.2, 0.25) is 0 Å². The number of benzene rings is 1. The van der Waals surface area contributed by atoms with Crippen molar-refractivity contribution in [1.29, 1.82) is 0 Å². The van der Waals surface area contributed by atoms with E-state index in [1.54, 1.807) is 11.6 Å². The van der Waals surface area contributed by atoms with Gasteiger partial charge in [-0.25, -0.2) is 4.98 Å². The lowest BCUT2D eigenvalue weighted by molar-refractivity contribution is -0.121. The summed E-state index contributed by atoms with van der Waals surface area (Å²) in [5.74, 6) is 1.47. The third kappa shape index (κ3) is 4.05. The molecule has 2 aromatic heterocycles. The molecule has 0 saturated carbocycles. The van der Waals surface area contributed by atoms with Gasteiger partial charge in [0.15, 0.2) is 0 Å². The quantitative estimate of drug-likeness (QED) is 0.650. The maximum absolute atomic E-state index is 12.6. The van der Waals surface area contributed by atoms with Gasteiger partial charge in [0.25, 0.3) is 5.78 Å². The molecule has 1 aromatic carbocycles. The Balaban J connectivity index is 1.68. The molecule has 0 aliphatic rings. The Morgan fingerprint density at radius 2 is 1.96 bits per heavy atom. The molecule has 2 heterocycles. The van der Waals surface area contributed by atoms with Crippen molar-refractivity contribution in [2.24, 2.45) is 0 Å². The molecule has 3 aromatic rings. The lowest BCUT2D eigenvalue weighted by atomic mass is 10.0. The lowest BCUT2D eigenvalue weighted by Gasteiger charge is -2.18. The molecule has 0 aliphatic heterocycles. The Morgan fingerprint density at radius 1 is 1.25 bits per heavy atom. The van der Waals surface area contributed by atoms with E-state index in [0.29, 0.717) is 18.6 Å². The normalized spacial score (nSPS) is 12.1.